The van der Waals surface area contributed by atoms with E-state index in [0.29, 0.717) is 28.1 Å². The summed E-state index contributed by atoms with van der Waals surface area (Å²) in [5.74, 6) is -0.0218. The maximum atomic E-state index is 12.2. The summed E-state index contributed by atoms with van der Waals surface area (Å²) in [7, 11) is 1.49. The van der Waals surface area contributed by atoms with E-state index in [1.54, 1.807) is 12.1 Å². The van der Waals surface area contributed by atoms with E-state index in [4.69, 9.17) is 13.9 Å². The van der Waals surface area contributed by atoms with E-state index < -0.39 is 11.8 Å². The highest BCUT2D eigenvalue weighted by Gasteiger charge is 2.16. The topological polar surface area (TPSA) is 89.8 Å². The lowest BCUT2D eigenvalue weighted by molar-refractivity contribution is 0.0830. The van der Waals surface area contributed by atoms with Crippen LogP contribution in [0.3, 0.4) is 0 Å². The van der Waals surface area contributed by atoms with E-state index in [2.05, 4.69) is 26.8 Å². The van der Waals surface area contributed by atoms with E-state index in [9.17, 15) is 9.59 Å². The second-order valence-electron chi connectivity index (χ2n) is 4.72. The van der Waals surface area contributed by atoms with Gasteiger partial charge in [-0.1, -0.05) is 6.92 Å². The third kappa shape index (κ3) is 4.29. The molecule has 0 aliphatic rings. The summed E-state index contributed by atoms with van der Waals surface area (Å²) in [6, 6.07) is 6.18. The number of carbonyl (C=O) groups is 2. The fourth-order valence-electron chi connectivity index (χ4n) is 1.85. The molecule has 0 saturated carbocycles. The van der Waals surface area contributed by atoms with Crippen molar-refractivity contribution in [1.82, 2.24) is 10.9 Å². The molecule has 1 heterocycles. The van der Waals surface area contributed by atoms with Crippen LogP contribution >= 0.6 is 15.9 Å². The third-order valence-corrected chi connectivity index (χ3v) is 3.57. The average molecular weight is 397 g/mol. The van der Waals surface area contributed by atoms with Crippen molar-refractivity contribution in [2.45, 2.75) is 13.3 Å². The molecule has 0 aliphatic carbocycles. The lowest BCUT2D eigenvalue weighted by Gasteiger charge is -2.14. The van der Waals surface area contributed by atoms with Gasteiger partial charge in [0, 0.05) is 5.56 Å². The summed E-state index contributed by atoms with van der Waals surface area (Å²) in [6.07, 6.45) is 2.21. The predicted octanol–water partition coefficient (Wildman–Crippen LogP) is 2.91. The van der Waals surface area contributed by atoms with Crippen LogP contribution in [0, 0.1) is 0 Å². The Kier molecular flexibility index (Phi) is 6.25. The van der Waals surface area contributed by atoms with Crippen LogP contribution in [0.15, 0.2) is 39.4 Å². The Labute approximate surface area is 147 Å². The fraction of sp³-hybridized carbons (Fsp3) is 0.250. The first-order chi connectivity index (χ1) is 11.6. The lowest BCUT2D eigenvalue weighted by atomic mass is 10.2. The van der Waals surface area contributed by atoms with Crippen LogP contribution in [0.2, 0.25) is 0 Å². The molecule has 7 nitrogen and oxygen atoms in total. The van der Waals surface area contributed by atoms with Gasteiger partial charge in [0.2, 0.25) is 0 Å². The summed E-state index contributed by atoms with van der Waals surface area (Å²) < 4.78 is 16.4. The molecule has 2 rings (SSSR count). The standard InChI is InChI=1S/C16H17BrN2O5/c1-3-6-24-14-11(17)8-10(9-13(14)22-2)15(20)18-19-16(21)12-5-4-7-23-12/h4-5,7-9H,3,6H2,1-2H3,(H,18,20)(H,19,21). The number of rotatable bonds is 6. The van der Waals surface area contributed by atoms with Crippen LogP contribution < -0.4 is 20.3 Å². The number of methoxy groups -OCH3 is 1. The largest absolute Gasteiger partial charge is 0.493 e. The van der Waals surface area contributed by atoms with Crippen LogP contribution in [0.5, 0.6) is 11.5 Å². The second-order valence-corrected chi connectivity index (χ2v) is 5.58. The molecule has 0 radical (unpaired) electrons. The molecule has 24 heavy (non-hydrogen) atoms. The highest BCUT2D eigenvalue weighted by Crippen LogP contribution is 2.36. The van der Waals surface area contributed by atoms with E-state index in [1.165, 1.54) is 25.5 Å². The SMILES string of the molecule is CCCOc1c(Br)cc(C(=O)NNC(=O)c2ccco2)cc1OC. The van der Waals surface area contributed by atoms with Gasteiger partial charge >= 0.3 is 5.91 Å². The Morgan fingerprint density at radius 2 is 2.00 bits per heavy atom. The van der Waals surface area contributed by atoms with Crippen molar-refractivity contribution in [2.75, 3.05) is 13.7 Å². The predicted molar refractivity (Wildman–Crippen MR) is 90.1 cm³/mol. The highest BCUT2D eigenvalue weighted by molar-refractivity contribution is 9.10. The number of hydrogen-bond acceptors (Lipinski definition) is 5. The number of benzene rings is 1. The maximum absolute atomic E-state index is 12.2. The second kappa shape index (κ2) is 8.39. The Bertz CT molecular complexity index is 716. The monoisotopic (exact) mass is 396 g/mol. The van der Waals surface area contributed by atoms with Crippen molar-refractivity contribution >= 4 is 27.7 Å². The third-order valence-electron chi connectivity index (χ3n) is 2.98. The van der Waals surface area contributed by atoms with Crippen molar-refractivity contribution in [3.05, 3.63) is 46.3 Å². The first-order valence-corrected chi connectivity index (χ1v) is 8.00. The van der Waals surface area contributed by atoms with Crippen LogP contribution in [0.4, 0.5) is 0 Å². The quantitative estimate of drug-likeness (QED) is 0.732. The molecule has 0 fully saturated rings. The smallest absolute Gasteiger partial charge is 0.305 e. The summed E-state index contributed by atoms with van der Waals surface area (Å²) >= 11 is 3.36. The minimum absolute atomic E-state index is 0.0948. The first kappa shape index (κ1) is 17.9. The minimum Gasteiger partial charge on any atom is -0.493 e. The van der Waals surface area contributed by atoms with Gasteiger partial charge in [-0.3, -0.25) is 20.4 Å². The number of amides is 2. The van der Waals surface area contributed by atoms with Crippen molar-refractivity contribution in [3.63, 3.8) is 0 Å². The summed E-state index contributed by atoms with van der Waals surface area (Å²) in [4.78, 5) is 23.9. The molecule has 0 aliphatic heterocycles. The average Bonchev–Trinajstić information content (AvgIpc) is 3.12. The van der Waals surface area contributed by atoms with Gasteiger partial charge in [0.05, 0.1) is 24.5 Å². The van der Waals surface area contributed by atoms with Crippen molar-refractivity contribution in [1.29, 1.82) is 0 Å². The maximum Gasteiger partial charge on any atom is 0.305 e. The van der Waals surface area contributed by atoms with Gasteiger partial charge < -0.3 is 13.9 Å². The van der Waals surface area contributed by atoms with Gasteiger partial charge in [0.25, 0.3) is 5.91 Å². The zero-order valence-corrected chi connectivity index (χ0v) is 14.8. The van der Waals surface area contributed by atoms with Crippen LogP contribution in [-0.4, -0.2) is 25.5 Å². The number of ether oxygens (including phenoxy) is 2. The number of halogens is 1. The molecule has 2 amide bonds. The zero-order chi connectivity index (χ0) is 17.5. The number of hydrogen-bond donors (Lipinski definition) is 2. The molecule has 1 aromatic carbocycles. The Hall–Kier alpha value is -2.48. The van der Waals surface area contributed by atoms with E-state index >= 15 is 0 Å². The number of hydrazine groups is 1. The Morgan fingerprint density at radius 1 is 1.25 bits per heavy atom. The van der Waals surface area contributed by atoms with Crippen LogP contribution in [-0.2, 0) is 0 Å². The van der Waals surface area contributed by atoms with Crippen LogP contribution in [0.1, 0.15) is 34.3 Å². The van der Waals surface area contributed by atoms with E-state index in [1.807, 2.05) is 6.92 Å². The number of carbonyl (C=O) groups excluding carboxylic acids is 2. The van der Waals surface area contributed by atoms with E-state index in [0.717, 1.165) is 6.42 Å². The molecule has 2 N–H and O–H groups in total. The number of furan rings is 1. The summed E-state index contributed by atoms with van der Waals surface area (Å²) in [6.45, 7) is 2.52. The van der Waals surface area contributed by atoms with Gasteiger partial charge in [-0.05, 0) is 46.6 Å². The molecular weight excluding hydrogens is 380 g/mol. The van der Waals surface area contributed by atoms with Crippen molar-refractivity contribution in [3.8, 4) is 11.5 Å². The Balaban J connectivity index is 2.09. The highest BCUT2D eigenvalue weighted by atomic mass is 79.9. The van der Waals surface area contributed by atoms with Gasteiger partial charge in [0.1, 0.15) is 0 Å². The van der Waals surface area contributed by atoms with Crippen molar-refractivity contribution in [2.24, 2.45) is 0 Å². The summed E-state index contributed by atoms with van der Waals surface area (Å²) in [5.41, 5.74) is 4.88. The molecule has 0 atom stereocenters. The molecule has 8 heteroatoms. The molecule has 128 valence electrons. The van der Waals surface area contributed by atoms with Crippen molar-refractivity contribution < 1.29 is 23.5 Å². The first-order valence-electron chi connectivity index (χ1n) is 7.21. The fourth-order valence-corrected chi connectivity index (χ4v) is 2.41. The molecule has 0 bridgehead atoms. The van der Waals surface area contributed by atoms with Gasteiger partial charge in [0.15, 0.2) is 17.3 Å². The van der Waals surface area contributed by atoms with Gasteiger partial charge in [-0.25, -0.2) is 0 Å². The molecule has 0 spiro atoms. The van der Waals surface area contributed by atoms with Crippen LogP contribution in [0.25, 0.3) is 0 Å². The van der Waals surface area contributed by atoms with Gasteiger partial charge in [-0.15, -0.1) is 0 Å². The molecule has 0 saturated heterocycles. The molecule has 0 unspecified atom stereocenters. The minimum atomic E-state index is -0.553. The lowest BCUT2D eigenvalue weighted by Crippen LogP contribution is -2.41. The normalized spacial score (nSPS) is 10.1. The summed E-state index contributed by atoms with van der Waals surface area (Å²) in [5, 5.41) is 0. The van der Waals surface area contributed by atoms with E-state index in [-0.39, 0.29) is 5.76 Å². The number of nitrogens with one attached hydrogen (secondary N) is 2. The zero-order valence-electron chi connectivity index (χ0n) is 13.2. The Morgan fingerprint density at radius 3 is 2.62 bits per heavy atom. The molecule has 1 aromatic heterocycles. The van der Waals surface area contributed by atoms with Gasteiger partial charge in [-0.2, -0.15) is 0 Å². The molecular formula is C16H17BrN2O5. The molecule has 2 aromatic rings.